The highest BCUT2D eigenvalue weighted by atomic mass is 35.5. The number of aromatic nitrogens is 2. The molecule has 7 nitrogen and oxygen atoms in total. The summed E-state index contributed by atoms with van der Waals surface area (Å²) in [6.45, 7) is 0. The van der Waals surface area contributed by atoms with Gasteiger partial charge in [-0.15, -0.1) is 0 Å². The molecule has 28 heavy (non-hydrogen) atoms. The maximum atomic E-state index is 11.8. The summed E-state index contributed by atoms with van der Waals surface area (Å²) in [5.74, 6) is 0.172. The van der Waals surface area contributed by atoms with E-state index < -0.39 is 4.92 Å². The predicted molar refractivity (Wildman–Crippen MR) is 111 cm³/mol. The molecule has 0 unspecified atom stereocenters. The van der Waals surface area contributed by atoms with Gasteiger partial charge < -0.3 is 10.6 Å². The number of fused-ring (bicyclic) bond motifs is 1. The molecular formula is C20H14ClN5O2. The minimum absolute atomic E-state index is 0.0741. The first-order valence-corrected chi connectivity index (χ1v) is 8.76. The maximum absolute atomic E-state index is 11.8. The van der Waals surface area contributed by atoms with E-state index in [0.717, 1.165) is 10.8 Å². The van der Waals surface area contributed by atoms with E-state index in [0.29, 0.717) is 16.4 Å². The first-order chi connectivity index (χ1) is 13.6. The fourth-order valence-corrected chi connectivity index (χ4v) is 3.09. The Labute approximate surface area is 165 Å². The van der Waals surface area contributed by atoms with Gasteiger partial charge >= 0.3 is 5.69 Å². The average molecular weight is 392 g/mol. The molecule has 0 fully saturated rings. The van der Waals surface area contributed by atoms with Crippen molar-refractivity contribution in [2.45, 2.75) is 0 Å². The number of nitrogens with zero attached hydrogens (tertiary/aromatic N) is 3. The molecule has 0 saturated carbocycles. The fourth-order valence-electron chi connectivity index (χ4n) is 2.90. The number of rotatable bonds is 5. The number of benzene rings is 3. The number of hydrogen-bond donors (Lipinski definition) is 2. The molecule has 138 valence electrons. The highest BCUT2D eigenvalue weighted by Gasteiger charge is 2.23. The fraction of sp³-hybridized carbons (Fsp3) is 0. The predicted octanol–water partition coefficient (Wildman–Crippen LogP) is 5.68. The van der Waals surface area contributed by atoms with Crippen molar-refractivity contribution in [1.82, 2.24) is 9.97 Å². The Morgan fingerprint density at radius 3 is 2.39 bits per heavy atom. The number of nitro groups is 1. The lowest BCUT2D eigenvalue weighted by Gasteiger charge is -2.12. The van der Waals surface area contributed by atoms with Crippen LogP contribution in [0.5, 0.6) is 0 Å². The van der Waals surface area contributed by atoms with E-state index in [1.165, 1.54) is 6.33 Å². The summed E-state index contributed by atoms with van der Waals surface area (Å²) in [5, 5.41) is 20.2. The summed E-state index contributed by atoms with van der Waals surface area (Å²) in [5.41, 5.74) is 1.05. The Hall–Kier alpha value is -3.71. The topological polar surface area (TPSA) is 93.0 Å². The van der Waals surface area contributed by atoms with E-state index in [2.05, 4.69) is 20.6 Å². The zero-order valence-electron chi connectivity index (χ0n) is 14.5. The van der Waals surface area contributed by atoms with Crippen LogP contribution < -0.4 is 10.6 Å². The molecule has 0 bridgehead atoms. The Balaban J connectivity index is 1.76. The summed E-state index contributed by atoms with van der Waals surface area (Å²) < 4.78 is 0. The molecule has 0 atom stereocenters. The molecule has 0 aliphatic heterocycles. The molecule has 1 aromatic heterocycles. The summed E-state index contributed by atoms with van der Waals surface area (Å²) in [7, 11) is 0. The van der Waals surface area contributed by atoms with Gasteiger partial charge in [-0.2, -0.15) is 0 Å². The van der Waals surface area contributed by atoms with Gasteiger partial charge in [0.05, 0.1) is 4.92 Å². The average Bonchev–Trinajstić information content (AvgIpc) is 2.68. The van der Waals surface area contributed by atoms with Crippen LogP contribution in [0.2, 0.25) is 5.02 Å². The molecule has 2 N–H and O–H groups in total. The lowest BCUT2D eigenvalue weighted by Crippen LogP contribution is -2.05. The molecule has 0 amide bonds. The SMILES string of the molecule is O=[N+]([O-])c1c(Nc2cccc(Cl)c2)ncnc1Nc1cccc2ccccc12. The zero-order valence-corrected chi connectivity index (χ0v) is 15.2. The summed E-state index contributed by atoms with van der Waals surface area (Å²) in [4.78, 5) is 19.4. The molecule has 0 spiro atoms. The van der Waals surface area contributed by atoms with Crippen LogP contribution in [0.15, 0.2) is 73.1 Å². The van der Waals surface area contributed by atoms with Gasteiger partial charge in [0.25, 0.3) is 0 Å². The Morgan fingerprint density at radius 1 is 0.893 bits per heavy atom. The number of halogens is 1. The van der Waals surface area contributed by atoms with Crippen molar-refractivity contribution in [3.05, 3.63) is 88.2 Å². The van der Waals surface area contributed by atoms with Crippen LogP contribution in [0, 0.1) is 10.1 Å². The molecule has 0 saturated heterocycles. The van der Waals surface area contributed by atoms with Crippen LogP contribution in [0.25, 0.3) is 10.8 Å². The number of hydrogen-bond acceptors (Lipinski definition) is 6. The van der Waals surface area contributed by atoms with E-state index in [9.17, 15) is 10.1 Å². The Morgan fingerprint density at radius 2 is 1.61 bits per heavy atom. The summed E-state index contributed by atoms with van der Waals surface area (Å²) >= 11 is 5.99. The first kappa shape index (κ1) is 17.7. The molecule has 4 aromatic rings. The molecule has 1 heterocycles. The molecule has 8 heteroatoms. The minimum Gasteiger partial charge on any atom is -0.334 e. The first-order valence-electron chi connectivity index (χ1n) is 8.38. The van der Waals surface area contributed by atoms with Crippen molar-refractivity contribution in [3.63, 3.8) is 0 Å². The van der Waals surface area contributed by atoms with Gasteiger partial charge in [0, 0.05) is 21.8 Å². The van der Waals surface area contributed by atoms with Gasteiger partial charge in [-0.05, 0) is 29.7 Å². The van der Waals surface area contributed by atoms with Crippen LogP contribution in [0.1, 0.15) is 0 Å². The van der Waals surface area contributed by atoms with E-state index in [1.807, 2.05) is 42.5 Å². The normalized spacial score (nSPS) is 10.6. The Kier molecular flexibility index (Phi) is 4.74. The third kappa shape index (κ3) is 3.56. The van der Waals surface area contributed by atoms with E-state index >= 15 is 0 Å². The van der Waals surface area contributed by atoms with Crippen LogP contribution in [0.4, 0.5) is 28.7 Å². The van der Waals surface area contributed by atoms with E-state index in [4.69, 9.17) is 11.6 Å². The van der Waals surface area contributed by atoms with Crippen molar-refractivity contribution in [2.75, 3.05) is 10.6 Å². The van der Waals surface area contributed by atoms with Gasteiger partial charge in [0.1, 0.15) is 6.33 Å². The van der Waals surface area contributed by atoms with Crippen LogP contribution in [-0.4, -0.2) is 14.9 Å². The van der Waals surface area contributed by atoms with E-state index in [1.54, 1.807) is 24.3 Å². The second-order valence-corrected chi connectivity index (χ2v) is 6.40. The molecule has 0 aliphatic rings. The molecular weight excluding hydrogens is 378 g/mol. The number of nitrogens with one attached hydrogen (secondary N) is 2. The van der Waals surface area contributed by atoms with Crippen LogP contribution in [-0.2, 0) is 0 Å². The van der Waals surface area contributed by atoms with Crippen LogP contribution >= 0.6 is 11.6 Å². The minimum atomic E-state index is -0.514. The lowest BCUT2D eigenvalue weighted by atomic mass is 10.1. The zero-order chi connectivity index (χ0) is 19.5. The van der Waals surface area contributed by atoms with Crippen molar-refractivity contribution < 1.29 is 4.92 Å². The van der Waals surface area contributed by atoms with Crippen LogP contribution in [0.3, 0.4) is 0 Å². The summed E-state index contributed by atoms with van der Waals surface area (Å²) in [6.07, 6.45) is 1.27. The maximum Gasteiger partial charge on any atom is 0.353 e. The molecule has 0 aliphatic carbocycles. The van der Waals surface area contributed by atoms with Gasteiger partial charge in [0.2, 0.25) is 11.6 Å². The van der Waals surface area contributed by atoms with Crippen molar-refractivity contribution in [3.8, 4) is 0 Å². The van der Waals surface area contributed by atoms with E-state index in [-0.39, 0.29) is 17.3 Å². The monoisotopic (exact) mass is 391 g/mol. The smallest absolute Gasteiger partial charge is 0.334 e. The van der Waals surface area contributed by atoms with Gasteiger partial charge in [0.15, 0.2) is 0 Å². The molecule has 4 rings (SSSR count). The largest absolute Gasteiger partial charge is 0.353 e. The van der Waals surface area contributed by atoms with Crippen molar-refractivity contribution in [2.24, 2.45) is 0 Å². The van der Waals surface area contributed by atoms with Gasteiger partial charge in [-0.25, -0.2) is 9.97 Å². The quantitative estimate of drug-likeness (QED) is 0.336. The third-order valence-corrected chi connectivity index (χ3v) is 4.37. The molecule has 0 radical (unpaired) electrons. The highest BCUT2D eigenvalue weighted by Crippen LogP contribution is 2.35. The van der Waals surface area contributed by atoms with Gasteiger partial charge in [-0.1, -0.05) is 54.1 Å². The standard InChI is InChI=1S/C20H14ClN5O2/c21-14-7-4-8-15(11-14)24-19-18(26(27)28)20(23-12-22-19)25-17-10-3-6-13-5-1-2-9-16(13)17/h1-12H,(H2,22,23,24,25). The Bertz CT molecular complexity index is 1180. The van der Waals surface area contributed by atoms with Crippen molar-refractivity contribution in [1.29, 1.82) is 0 Å². The second kappa shape index (κ2) is 7.50. The van der Waals surface area contributed by atoms with Gasteiger partial charge in [-0.3, -0.25) is 10.1 Å². The lowest BCUT2D eigenvalue weighted by molar-refractivity contribution is -0.383. The molecule has 3 aromatic carbocycles. The third-order valence-electron chi connectivity index (χ3n) is 4.13. The van der Waals surface area contributed by atoms with Crippen molar-refractivity contribution >= 4 is 51.1 Å². The number of anilines is 4. The highest BCUT2D eigenvalue weighted by molar-refractivity contribution is 6.30. The summed E-state index contributed by atoms with van der Waals surface area (Å²) in [6, 6.07) is 20.3. The second-order valence-electron chi connectivity index (χ2n) is 5.96.